The van der Waals surface area contributed by atoms with E-state index in [0.29, 0.717) is 12.0 Å². The predicted octanol–water partition coefficient (Wildman–Crippen LogP) is 15.5. The first-order valence-electron chi connectivity index (χ1n) is 20.8. The number of imidazole rings is 1. The van der Waals surface area contributed by atoms with Gasteiger partial charge in [0.2, 0.25) is 0 Å². The summed E-state index contributed by atoms with van der Waals surface area (Å²) in [5.74, 6) is 2.03. The van der Waals surface area contributed by atoms with Crippen LogP contribution in [0.4, 0.5) is 0 Å². The number of rotatable bonds is 35. The van der Waals surface area contributed by atoms with E-state index in [0.717, 1.165) is 0 Å². The zero-order valence-corrected chi connectivity index (χ0v) is 31.0. The predicted molar refractivity (Wildman–Crippen MR) is 199 cm³/mol. The first-order valence-corrected chi connectivity index (χ1v) is 20.8. The summed E-state index contributed by atoms with van der Waals surface area (Å²) in [6.07, 6.45) is 51.3. The van der Waals surface area contributed by atoms with Gasteiger partial charge in [-0.15, -0.1) is 0 Å². The summed E-state index contributed by atoms with van der Waals surface area (Å²) in [6.45, 7) is 9.40. The van der Waals surface area contributed by atoms with Gasteiger partial charge in [-0.1, -0.05) is 213 Å². The van der Waals surface area contributed by atoms with Crippen LogP contribution in [0.25, 0.3) is 0 Å². The molecule has 0 saturated carbocycles. The Labute approximate surface area is 278 Å². The molecule has 1 aromatic rings. The molecule has 1 aromatic heterocycles. The Kier molecular flexibility index (Phi) is 30.1. The molecule has 2 heteroatoms. The van der Waals surface area contributed by atoms with Crippen molar-refractivity contribution >= 4 is 0 Å². The minimum Gasteiger partial charge on any atom is -0.332 e. The molecule has 0 amide bonds. The monoisotopic (exact) mass is 615 g/mol. The molecule has 2 unspecified atom stereocenters. The van der Waals surface area contributed by atoms with Crippen LogP contribution in [0, 0.1) is 0 Å². The topological polar surface area (TPSA) is 17.8 Å². The molecule has 1 rings (SSSR count). The highest BCUT2D eigenvalue weighted by atomic mass is 15.1. The molecule has 0 spiro atoms. The number of nitrogens with zero attached hydrogens (tertiary/aromatic N) is 2. The van der Waals surface area contributed by atoms with Gasteiger partial charge in [-0.25, -0.2) is 4.98 Å². The fourth-order valence-electron chi connectivity index (χ4n) is 7.30. The van der Waals surface area contributed by atoms with Crippen LogP contribution in [0.15, 0.2) is 12.4 Å². The summed E-state index contributed by atoms with van der Waals surface area (Å²) in [5, 5.41) is 0. The van der Waals surface area contributed by atoms with Gasteiger partial charge in [0.15, 0.2) is 0 Å². The van der Waals surface area contributed by atoms with Crippen LogP contribution in [0.5, 0.6) is 0 Å². The normalized spacial score (nSPS) is 13.1. The van der Waals surface area contributed by atoms with Crippen molar-refractivity contribution in [2.45, 2.75) is 252 Å². The molecule has 0 aliphatic heterocycles. The first kappa shape index (κ1) is 41.2. The largest absolute Gasteiger partial charge is 0.332 e. The zero-order valence-electron chi connectivity index (χ0n) is 31.0. The molecule has 0 aliphatic rings. The third-order valence-electron chi connectivity index (χ3n) is 10.3. The van der Waals surface area contributed by atoms with Crippen molar-refractivity contribution in [1.29, 1.82) is 0 Å². The average molecular weight is 615 g/mol. The molecule has 0 saturated heterocycles. The molecule has 0 fully saturated rings. The van der Waals surface area contributed by atoms with Crippen LogP contribution in [0.1, 0.15) is 257 Å². The van der Waals surface area contributed by atoms with Gasteiger partial charge in [0, 0.05) is 24.4 Å². The van der Waals surface area contributed by atoms with Crippen molar-refractivity contribution in [2.75, 3.05) is 0 Å². The number of aromatic nitrogens is 2. The molecule has 0 aromatic carbocycles. The van der Waals surface area contributed by atoms with Crippen molar-refractivity contribution in [1.82, 2.24) is 9.55 Å². The van der Waals surface area contributed by atoms with Crippen molar-refractivity contribution < 1.29 is 0 Å². The molecule has 0 aliphatic carbocycles. The summed E-state index contributed by atoms with van der Waals surface area (Å²) in [7, 11) is 0. The Balaban J connectivity index is 2.09. The smallest absolute Gasteiger partial charge is 0.111 e. The van der Waals surface area contributed by atoms with Gasteiger partial charge < -0.3 is 4.57 Å². The molecular weight excluding hydrogens is 532 g/mol. The van der Waals surface area contributed by atoms with Crippen molar-refractivity contribution in [3.05, 3.63) is 18.2 Å². The minimum absolute atomic E-state index is 0.588. The maximum atomic E-state index is 4.92. The van der Waals surface area contributed by atoms with Crippen LogP contribution in [0.2, 0.25) is 0 Å². The van der Waals surface area contributed by atoms with Crippen molar-refractivity contribution in [2.24, 2.45) is 0 Å². The molecule has 0 bridgehead atoms. The number of unbranched alkanes of at least 4 members (excludes halogenated alkanes) is 27. The summed E-state index contributed by atoms with van der Waals surface area (Å²) in [4.78, 5) is 4.92. The van der Waals surface area contributed by atoms with Gasteiger partial charge in [-0.2, -0.15) is 0 Å². The van der Waals surface area contributed by atoms with Crippen LogP contribution < -0.4 is 0 Å². The van der Waals surface area contributed by atoms with Crippen molar-refractivity contribution in [3.8, 4) is 0 Å². The Morgan fingerprint density at radius 2 is 0.773 bits per heavy atom. The van der Waals surface area contributed by atoms with Gasteiger partial charge in [0.25, 0.3) is 0 Å². The Morgan fingerprint density at radius 1 is 0.432 bits per heavy atom. The molecule has 1 heterocycles. The highest BCUT2D eigenvalue weighted by Crippen LogP contribution is 2.30. The van der Waals surface area contributed by atoms with Crippen LogP contribution in [-0.2, 0) is 0 Å². The lowest BCUT2D eigenvalue weighted by Crippen LogP contribution is -2.13. The van der Waals surface area contributed by atoms with Crippen LogP contribution >= 0.6 is 0 Å². The van der Waals surface area contributed by atoms with E-state index in [1.54, 1.807) is 0 Å². The van der Waals surface area contributed by atoms with Crippen molar-refractivity contribution in [3.63, 3.8) is 0 Å². The fourth-order valence-corrected chi connectivity index (χ4v) is 7.30. The van der Waals surface area contributed by atoms with E-state index in [4.69, 9.17) is 4.98 Å². The Morgan fingerprint density at radius 3 is 1.14 bits per heavy atom. The van der Waals surface area contributed by atoms with Gasteiger partial charge >= 0.3 is 0 Å². The lowest BCUT2D eigenvalue weighted by molar-refractivity contribution is 0.419. The summed E-state index contributed by atoms with van der Waals surface area (Å²) < 4.78 is 2.55. The highest BCUT2D eigenvalue weighted by Gasteiger charge is 2.18. The van der Waals surface area contributed by atoms with Crippen LogP contribution in [-0.4, -0.2) is 9.55 Å². The summed E-state index contributed by atoms with van der Waals surface area (Å²) in [5.41, 5.74) is 0. The van der Waals surface area contributed by atoms with E-state index in [-0.39, 0.29) is 0 Å². The van der Waals surface area contributed by atoms with Crippen LogP contribution in [0.3, 0.4) is 0 Å². The first-order chi connectivity index (χ1) is 21.7. The van der Waals surface area contributed by atoms with Gasteiger partial charge in [0.05, 0.1) is 0 Å². The number of hydrogen-bond donors (Lipinski definition) is 0. The summed E-state index contributed by atoms with van der Waals surface area (Å²) in [6, 6.07) is 0.588. The van der Waals surface area contributed by atoms with E-state index in [1.165, 1.54) is 218 Å². The van der Waals surface area contributed by atoms with E-state index >= 15 is 0 Å². The van der Waals surface area contributed by atoms with E-state index in [1.807, 2.05) is 0 Å². The van der Waals surface area contributed by atoms with Gasteiger partial charge in [0.1, 0.15) is 5.82 Å². The SMILES string of the molecule is CCCCCCCCCCCCCCCCCC(C)n1ccnc1C(CCC)CCCCCCCCCCCCCCCC. The standard InChI is InChI=1S/C42H82N2/c1-5-8-10-12-14-16-18-20-22-23-25-27-29-31-33-36-40(4)44-39-38-43-42(44)41(35-7-3)37-34-32-30-28-26-24-21-19-17-15-13-11-9-6-2/h38-41H,5-37H2,1-4H3. The molecular formula is C42H82N2. The molecule has 0 radical (unpaired) electrons. The Bertz CT molecular complexity index is 679. The molecule has 2 nitrogen and oxygen atoms in total. The third kappa shape index (κ3) is 23.5. The lowest BCUT2D eigenvalue weighted by Gasteiger charge is -2.22. The second-order valence-corrected chi connectivity index (χ2v) is 14.7. The third-order valence-corrected chi connectivity index (χ3v) is 10.3. The van der Waals surface area contributed by atoms with E-state index in [9.17, 15) is 0 Å². The van der Waals surface area contributed by atoms with E-state index in [2.05, 4.69) is 44.7 Å². The second kappa shape index (κ2) is 32.2. The average Bonchev–Trinajstić information content (AvgIpc) is 3.52. The van der Waals surface area contributed by atoms with Gasteiger partial charge in [-0.05, 0) is 26.2 Å². The quantitative estimate of drug-likeness (QED) is 0.0695. The van der Waals surface area contributed by atoms with E-state index < -0.39 is 0 Å². The molecule has 44 heavy (non-hydrogen) atoms. The highest BCUT2D eigenvalue weighted by molar-refractivity contribution is 5.02. The van der Waals surface area contributed by atoms with Gasteiger partial charge in [-0.3, -0.25) is 0 Å². The molecule has 260 valence electrons. The molecule has 0 N–H and O–H groups in total. The second-order valence-electron chi connectivity index (χ2n) is 14.7. The maximum absolute atomic E-state index is 4.92. The lowest BCUT2D eigenvalue weighted by atomic mass is 9.94. The number of hydrogen-bond acceptors (Lipinski definition) is 1. The molecule has 2 atom stereocenters. The maximum Gasteiger partial charge on any atom is 0.111 e. The minimum atomic E-state index is 0.588. The summed E-state index contributed by atoms with van der Waals surface area (Å²) >= 11 is 0. The fraction of sp³-hybridized carbons (Fsp3) is 0.929. The zero-order chi connectivity index (χ0) is 31.8. The Hall–Kier alpha value is -0.790.